The van der Waals surface area contributed by atoms with Crippen molar-refractivity contribution >= 4 is 35.8 Å². The third kappa shape index (κ3) is 5.59. The normalized spacial score (nSPS) is 17.8. The number of hydrogen-bond acceptors (Lipinski definition) is 2. The highest BCUT2D eigenvalue weighted by Crippen LogP contribution is 2.15. The van der Waals surface area contributed by atoms with Crippen LogP contribution in [0.4, 0.5) is 0 Å². The Morgan fingerprint density at radius 2 is 1.76 bits per heavy atom. The standard InChI is InChI=1S/C19H28N4O.HI/c1-2-20-19(22-11-3-4-12-22)21-14-16-7-9-17(10-8-16)15-23-13-5-6-18(23)24;/h7-10H,2-6,11-15H2,1H3,(H,20,21);1H. The van der Waals surface area contributed by atoms with Gasteiger partial charge in [-0.2, -0.15) is 0 Å². The summed E-state index contributed by atoms with van der Waals surface area (Å²) in [5, 5.41) is 3.39. The Bertz CT molecular complexity index is 582. The molecule has 0 spiro atoms. The van der Waals surface area contributed by atoms with Gasteiger partial charge in [-0.1, -0.05) is 24.3 Å². The maximum Gasteiger partial charge on any atom is 0.222 e. The largest absolute Gasteiger partial charge is 0.357 e. The highest BCUT2D eigenvalue weighted by molar-refractivity contribution is 14.0. The maximum absolute atomic E-state index is 11.7. The molecule has 2 heterocycles. The summed E-state index contributed by atoms with van der Waals surface area (Å²) in [6.45, 7) is 7.55. The van der Waals surface area contributed by atoms with Crippen LogP contribution >= 0.6 is 24.0 Å². The molecule has 2 aliphatic rings. The molecule has 25 heavy (non-hydrogen) atoms. The van der Waals surface area contributed by atoms with E-state index in [4.69, 9.17) is 4.99 Å². The molecule has 1 amide bonds. The van der Waals surface area contributed by atoms with E-state index in [9.17, 15) is 4.79 Å². The van der Waals surface area contributed by atoms with Crippen molar-refractivity contribution in [3.63, 3.8) is 0 Å². The minimum Gasteiger partial charge on any atom is -0.357 e. The SMILES string of the molecule is CCNC(=NCc1ccc(CN2CCCC2=O)cc1)N1CCCC1.I. The summed E-state index contributed by atoms with van der Waals surface area (Å²) >= 11 is 0. The van der Waals surface area contributed by atoms with Crippen molar-refractivity contribution in [1.82, 2.24) is 15.1 Å². The number of carbonyl (C=O) groups excluding carboxylic acids is 1. The second kappa shape index (κ2) is 9.99. The van der Waals surface area contributed by atoms with Crippen LogP contribution in [-0.2, 0) is 17.9 Å². The van der Waals surface area contributed by atoms with E-state index >= 15 is 0 Å². The van der Waals surface area contributed by atoms with Crippen LogP contribution in [0.2, 0.25) is 0 Å². The van der Waals surface area contributed by atoms with Crippen molar-refractivity contribution in [3.05, 3.63) is 35.4 Å². The van der Waals surface area contributed by atoms with Crippen molar-refractivity contribution in [1.29, 1.82) is 0 Å². The molecule has 2 saturated heterocycles. The van der Waals surface area contributed by atoms with Crippen LogP contribution < -0.4 is 5.32 Å². The first-order valence-electron chi connectivity index (χ1n) is 9.15. The second-order valence-electron chi connectivity index (χ2n) is 6.60. The summed E-state index contributed by atoms with van der Waals surface area (Å²) in [5.74, 6) is 1.31. The van der Waals surface area contributed by atoms with Crippen LogP contribution in [0.5, 0.6) is 0 Å². The van der Waals surface area contributed by atoms with Gasteiger partial charge in [-0.3, -0.25) is 4.79 Å². The van der Waals surface area contributed by atoms with Crippen molar-refractivity contribution < 1.29 is 4.79 Å². The predicted octanol–water partition coefficient (Wildman–Crippen LogP) is 2.99. The molecule has 138 valence electrons. The monoisotopic (exact) mass is 456 g/mol. The number of halogens is 1. The lowest BCUT2D eigenvalue weighted by molar-refractivity contribution is -0.128. The van der Waals surface area contributed by atoms with Gasteiger partial charge in [-0.15, -0.1) is 24.0 Å². The molecule has 0 bridgehead atoms. The number of nitrogens with zero attached hydrogens (tertiary/aromatic N) is 3. The fourth-order valence-electron chi connectivity index (χ4n) is 3.36. The molecule has 0 atom stereocenters. The fraction of sp³-hybridized carbons (Fsp3) is 0.579. The minimum atomic E-state index is 0. The van der Waals surface area contributed by atoms with Crippen LogP contribution in [0.3, 0.4) is 0 Å². The zero-order chi connectivity index (χ0) is 16.8. The highest BCUT2D eigenvalue weighted by atomic mass is 127. The zero-order valence-corrected chi connectivity index (χ0v) is 17.4. The molecule has 0 aliphatic carbocycles. The Balaban J connectivity index is 0.00000225. The molecule has 6 heteroatoms. The van der Waals surface area contributed by atoms with Crippen LogP contribution in [-0.4, -0.2) is 47.8 Å². The van der Waals surface area contributed by atoms with E-state index in [0.717, 1.165) is 45.1 Å². The quantitative estimate of drug-likeness (QED) is 0.421. The first-order valence-corrected chi connectivity index (χ1v) is 9.15. The molecule has 0 saturated carbocycles. The number of guanidine groups is 1. The number of rotatable bonds is 5. The Labute approximate surface area is 167 Å². The molecule has 0 aromatic heterocycles. The molecule has 0 radical (unpaired) electrons. The topological polar surface area (TPSA) is 47.9 Å². The number of aliphatic imine (C=N–C) groups is 1. The molecule has 0 unspecified atom stereocenters. The molecule has 5 nitrogen and oxygen atoms in total. The summed E-state index contributed by atoms with van der Waals surface area (Å²) in [4.78, 5) is 20.8. The number of hydrogen-bond donors (Lipinski definition) is 1. The molecule has 3 rings (SSSR count). The number of amides is 1. The van der Waals surface area contributed by atoms with E-state index in [1.807, 2.05) is 4.90 Å². The number of benzene rings is 1. The number of carbonyl (C=O) groups is 1. The number of likely N-dealkylation sites (tertiary alicyclic amines) is 2. The van der Waals surface area contributed by atoms with Gasteiger partial charge in [0.25, 0.3) is 0 Å². The summed E-state index contributed by atoms with van der Waals surface area (Å²) in [7, 11) is 0. The molecule has 1 aromatic carbocycles. The first kappa shape index (κ1) is 20.0. The lowest BCUT2D eigenvalue weighted by atomic mass is 10.1. The Kier molecular flexibility index (Phi) is 7.99. The van der Waals surface area contributed by atoms with Crippen LogP contribution in [0, 0.1) is 0 Å². The fourth-order valence-corrected chi connectivity index (χ4v) is 3.36. The summed E-state index contributed by atoms with van der Waals surface area (Å²) in [6, 6.07) is 8.51. The van der Waals surface area contributed by atoms with Gasteiger partial charge in [0.15, 0.2) is 5.96 Å². The van der Waals surface area contributed by atoms with Gasteiger partial charge in [0.05, 0.1) is 6.54 Å². The lowest BCUT2D eigenvalue weighted by Gasteiger charge is -2.20. The summed E-state index contributed by atoms with van der Waals surface area (Å²) in [6.07, 6.45) is 4.22. The van der Waals surface area contributed by atoms with E-state index in [0.29, 0.717) is 13.0 Å². The first-order chi connectivity index (χ1) is 11.8. The van der Waals surface area contributed by atoms with Crippen LogP contribution in [0.25, 0.3) is 0 Å². The third-order valence-electron chi connectivity index (χ3n) is 4.72. The van der Waals surface area contributed by atoms with Crippen molar-refractivity contribution in [2.75, 3.05) is 26.2 Å². The molecule has 2 fully saturated rings. The van der Waals surface area contributed by atoms with Crippen molar-refractivity contribution in [2.24, 2.45) is 4.99 Å². The van der Waals surface area contributed by atoms with Gasteiger partial charge in [0.2, 0.25) is 5.91 Å². The third-order valence-corrected chi connectivity index (χ3v) is 4.72. The molecular weight excluding hydrogens is 427 g/mol. The molecular formula is C19H29IN4O. The maximum atomic E-state index is 11.7. The van der Waals surface area contributed by atoms with E-state index < -0.39 is 0 Å². The summed E-state index contributed by atoms with van der Waals surface area (Å²) in [5.41, 5.74) is 2.41. The van der Waals surface area contributed by atoms with Crippen LogP contribution in [0.15, 0.2) is 29.3 Å². The highest BCUT2D eigenvalue weighted by Gasteiger charge is 2.19. The van der Waals surface area contributed by atoms with Gasteiger partial charge in [-0.25, -0.2) is 4.99 Å². The molecule has 2 aliphatic heterocycles. The van der Waals surface area contributed by atoms with Crippen molar-refractivity contribution in [2.45, 2.75) is 45.7 Å². The second-order valence-corrected chi connectivity index (χ2v) is 6.60. The Morgan fingerprint density at radius 3 is 2.36 bits per heavy atom. The predicted molar refractivity (Wildman–Crippen MR) is 112 cm³/mol. The smallest absolute Gasteiger partial charge is 0.222 e. The number of nitrogens with one attached hydrogen (secondary N) is 1. The zero-order valence-electron chi connectivity index (χ0n) is 15.0. The van der Waals surface area contributed by atoms with Crippen molar-refractivity contribution in [3.8, 4) is 0 Å². The average Bonchev–Trinajstić information content (AvgIpc) is 3.25. The average molecular weight is 456 g/mol. The van der Waals surface area contributed by atoms with Gasteiger partial charge >= 0.3 is 0 Å². The van der Waals surface area contributed by atoms with E-state index in [1.54, 1.807) is 0 Å². The molecule has 1 N–H and O–H groups in total. The lowest BCUT2D eigenvalue weighted by Crippen LogP contribution is -2.39. The van der Waals surface area contributed by atoms with E-state index in [1.165, 1.54) is 24.0 Å². The molecule has 1 aromatic rings. The minimum absolute atomic E-state index is 0. The van der Waals surface area contributed by atoms with Gasteiger partial charge < -0.3 is 15.1 Å². The Hall–Kier alpha value is -1.31. The van der Waals surface area contributed by atoms with Crippen LogP contribution in [0.1, 0.15) is 43.7 Å². The van der Waals surface area contributed by atoms with E-state index in [-0.39, 0.29) is 29.9 Å². The Morgan fingerprint density at radius 1 is 1.08 bits per heavy atom. The summed E-state index contributed by atoms with van der Waals surface area (Å²) < 4.78 is 0. The van der Waals surface area contributed by atoms with Gasteiger partial charge in [0, 0.05) is 39.1 Å². The van der Waals surface area contributed by atoms with Gasteiger partial charge in [0.1, 0.15) is 0 Å². The van der Waals surface area contributed by atoms with E-state index in [2.05, 4.69) is 41.4 Å². The van der Waals surface area contributed by atoms with Gasteiger partial charge in [-0.05, 0) is 37.3 Å².